The van der Waals surface area contributed by atoms with Gasteiger partial charge in [0.2, 0.25) is 5.91 Å². The summed E-state index contributed by atoms with van der Waals surface area (Å²) >= 11 is 0. The Bertz CT molecular complexity index is 870. The molecular formula is C21H25FN2O2. The molecule has 0 spiro atoms. The van der Waals surface area contributed by atoms with Crippen molar-refractivity contribution in [3.63, 3.8) is 0 Å². The molecule has 1 aromatic heterocycles. The van der Waals surface area contributed by atoms with E-state index < -0.39 is 5.41 Å². The highest BCUT2D eigenvalue weighted by Gasteiger charge is 2.66. The largest absolute Gasteiger partial charge is 0.355 e. The van der Waals surface area contributed by atoms with E-state index in [9.17, 15) is 14.0 Å². The molecule has 0 unspecified atom stereocenters. The number of hydrogen-bond donors (Lipinski definition) is 1. The van der Waals surface area contributed by atoms with Crippen LogP contribution in [0, 0.1) is 18.2 Å². The minimum atomic E-state index is -0.597. The first-order valence-corrected chi connectivity index (χ1v) is 8.99. The molecule has 0 radical (unpaired) electrons. The smallest absolute Gasteiger partial charge is 0.250 e. The number of pyridine rings is 1. The molecule has 1 saturated carbocycles. The van der Waals surface area contributed by atoms with Crippen LogP contribution in [-0.2, 0) is 16.8 Å². The van der Waals surface area contributed by atoms with E-state index in [1.54, 1.807) is 28.8 Å². The van der Waals surface area contributed by atoms with Gasteiger partial charge < -0.3 is 9.88 Å². The van der Waals surface area contributed by atoms with Crippen LogP contribution in [0.3, 0.4) is 0 Å². The molecule has 1 atom stereocenters. The Kier molecular flexibility index (Phi) is 4.74. The number of carbonyl (C=O) groups is 1. The van der Waals surface area contributed by atoms with Gasteiger partial charge >= 0.3 is 0 Å². The normalized spacial score (nSPS) is 20.6. The van der Waals surface area contributed by atoms with Crippen LogP contribution in [0.4, 0.5) is 4.39 Å². The Hall–Kier alpha value is -2.43. The minimum absolute atomic E-state index is 0.0220. The van der Waals surface area contributed by atoms with Gasteiger partial charge in [0.1, 0.15) is 5.82 Å². The van der Waals surface area contributed by atoms with Gasteiger partial charge in [0.15, 0.2) is 0 Å². The van der Waals surface area contributed by atoms with Crippen LogP contribution in [0.5, 0.6) is 0 Å². The topological polar surface area (TPSA) is 51.1 Å². The maximum absolute atomic E-state index is 13.2. The molecule has 4 nitrogen and oxygen atoms in total. The first kappa shape index (κ1) is 18.4. The van der Waals surface area contributed by atoms with E-state index in [1.807, 2.05) is 13.0 Å². The Morgan fingerprint density at radius 2 is 1.85 bits per heavy atom. The first-order valence-electron chi connectivity index (χ1n) is 8.99. The van der Waals surface area contributed by atoms with Crippen molar-refractivity contribution < 1.29 is 9.18 Å². The number of rotatable bonds is 6. The number of halogens is 1. The van der Waals surface area contributed by atoms with Gasteiger partial charge in [0.25, 0.3) is 5.56 Å². The summed E-state index contributed by atoms with van der Waals surface area (Å²) in [6.45, 7) is 7.08. The van der Waals surface area contributed by atoms with Crippen molar-refractivity contribution in [2.24, 2.45) is 5.41 Å². The molecule has 0 aliphatic heterocycles. The van der Waals surface area contributed by atoms with Gasteiger partial charge in [0.05, 0.1) is 5.41 Å². The summed E-state index contributed by atoms with van der Waals surface area (Å²) in [6, 6.07) is 11.4. The molecule has 1 fully saturated rings. The highest BCUT2D eigenvalue weighted by molar-refractivity contribution is 5.93. The average Bonchev–Trinajstić information content (AvgIpc) is 3.18. The van der Waals surface area contributed by atoms with Crippen molar-refractivity contribution in [3.05, 3.63) is 69.9 Å². The Morgan fingerprint density at radius 1 is 1.19 bits per heavy atom. The van der Waals surface area contributed by atoms with Crippen LogP contribution < -0.4 is 10.9 Å². The number of nitrogens with one attached hydrogen (secondary N) is 1. The van der Waals surface area contributed by atoms with E-state index in [1.165, 1.54) is 12.1 Å². The zero-order chi connectivity index (χ0) is 18.9. The summed E-state index contributed by atoms with van der Waals surface area (Å²) in [5.74, 6) is -0.322. The van der Waals surface area contributed by atoms with Crippen LogP contribution in [0.1, 0.15) is 37.9 Å². The molecule has 0 bridgehead atoms. The highest BCUT2D eigenvalue weighted by Crippen LogP contribution is 2.64. The zero-order valence-electron chi connectivity index (χ0n) is 15.5. The molecule has 3 rings (SSSR count). The molecule has 138 valence electrons. The molecule has 1 heterocycles. The van der Waals surface area contributed by atoms with E-state index in [0.29, 0.717) is 19.5 Å². The minimum Gasteiger partial charge on any atom is -0.355 e. The molecule has 1 aliphatic rings. The van der Waals surface area contributed by atoms with Crippen LogP contribution in [0.15, 0.2) is 47.3 Å². The monoisotopic (exact) mass is 356 g/mol. The number of aryl methyl sites for hydroxylation is 1. The van der Waals surface area contributed by atoms with Crippen molar-refractivity contribution >= 4 is 5.91 Å². The molecule has 1 aliphatic carbocycles. The maximum Gasteiger partial charge on any atom is 0.250 e. The SMILES string of the molecule is Cc1cccc(=O)n1CCCNC(=O)[C@]1(c2ccc(F)cc2)CC1(C)C. The van der Waals surface area contributed by atoms with Crippen molar-refractivity contribution in [1.82, 2.24) is 9.88 Å². The zero-order valence-corrected chi connectivity index (χ0v) is 15.5. The summed E-state index contributed by atoms with van der Waals surface area (Å²) in [6.07, 6.45) is 1.42. The molecule has 0 saturated heterocycles. The number of carbonyl (C=O) groups excluding carboxylic acids is 1. The van der Waals surface area contributed by atoms with E-state index in [0.717, 1.165) is 17.7 Å². The van der Waals surface area contributed by atoms with Crippen LogP contribution in [0.25, 0.3) is 0 Å². The van der Waals surface area contributed by atoms with E-state index in [-0.39, 0.29) is 22.7 Å². The fourth-order valence-electron chi connectivity index (χ4n) is 3.86. The third-order valence-corrected chi connectivity index (χ3v) is 5.57. The average molecular weight is 356 g/mol. The lowest BCUT2D eigenvalue weighted by atomic mass is 9.87. The first-order chi connectivity index (χ1) is 12.3. The van der Waals surface area contributed by atoms with E-state index in [4.69, 9.17) is 0 Å². The lowest BCUT2D eigenvalue weighted by Crippen LogP contribution is -2.38. The van der Waals surface area contributed by atoms with Gasteiger partial charge in [-0.2, -0.15) is 0 Å². The fraction of sp³-hybridized carbons (Fsp3) is 0.429. The Morgan fingerprint density at radius 3 is 2.42 bits per heavy atom. The lowest BCUT2D eigenvalue weighted by molar-refractivity contribution is -0.124. The summed E-state index contributed by atoms with van der Waals surface area (Å²) in [4.78, 5) is 24.8. The van der Waals surface area contributed by atoms with Crippen LogP contribution >= 0.6 is 0 Å². The van der Waals surface area contributed by atoms with Gasteiger partial charge in [0, 0.05) is 24.8 Å². The molecular weight excluding hydrogens is 331 g/mol. The second kappa shape index (κ2) is 6.71. The predicted octanol–water partition coefficient (Wildman–Crippen LogP) is 3.17. The predicted molar refractivity (Wildman–Crippen MR) is 99.5 cm³/mol. The van der Waals surface area contributed by atoms with Gasteiger partial charge in [-0.3, -0.25) is 9.59 Å². The quantitative estimate of drug-likeness (QED) is 0.809. The van der Waals surface area contributed by atoms with Gasteiger partial charge in [-0.05, 0) is 48.9 Å². The van der Waals surface area contributed by atoms with E-state index in [2.05, 4.69) is 19.2 Å². The van der Waals surface area contributed by atoms with Crippen molar-refractivity contribution in [2.75, 3.05) is 6.54 Å². The van der Waals surface area contributed by atoms with Gasteiger partial charge in [-0.25, -0.2) is 4.39 Å². The number of nitrogens with zero attached hydrogens (tertiary/aromatic N) is 1. The van der Waals surface area contributed by atoms with Crippen molar-refractivity contribution in [2.45, 2.75) is 45.6 Å². The van der Waals surface area contributed by atoms with Gasteiger partial charge in [-0.1, -0.05) is 32.0 Å². The molecule has 5 heteroatoms. The van der Waals surface area contributed by atoms with Crippen molar-refractivity contribution in [3.8, 4) is 0 Å². The Labute approximate surface area is 153 Å². The molecule has 1 aromatic carbocycles. The number of hydrogen-bond acceptors (Lipinski definition) is 2. The van der Waals surface area contributed by atoms with Gasteiger partial charge in [-0.15, -0.1) is 0 Å². The summed E-state index contributed by atoms with van der Waals surface area (Å²) in [7, 11) is 0. The number of benzene rings is 1. The highest BCUT2D eigenvalue weighted by atomic mass is 19.1. The fourth-order valence-corrected chi connectivity index (χ4v) is 3.86. The number of aromatic nitrogens is 1. The summed E-state index contributed by atoms with van der Waals surface area (Å²) in [5.41, 5.74) is 0.996. The second-order valence-corrected chi connectivity index (χ2v) is 7.74. The van der Waals surface area contributed by atoms with Crippen LogP contribution in [-0.4, -0.2) is 17.0 Å². The van der Waals surface area contributed by atoms with Crippen molar-refractivity contribution in [1.29, 1.82) is 0 Å². The second-order valence-electron chi connectivity index (χ2n) is 7.74. The third kappa shape index (κ3) is 3.18. The Balaban J connectivity index is 1.64. The number of amides is 1. The lowest BCUT2D eigenvalue weighted by Gasteiger charge is -2.21. The molecule has 1 N–H and O–H groups in total. The van der Waals surface area contributed by atoms with Crippen LogP contribution in [0.2, 0.25) is 0 Å². The van der Waals surface area contributed by atoms with E-state index >= 15 is 0 Å². The third-order valence-electron chi connectivity index (χ3n) is 5.57. The summed E-state index contributed by atoms with van der Waals surface area (Å²) in [5, 5.41) is 3.02. The standard InChI is InChI=1S/C21H25FN2O2/c1-15-6-4-7-18(25)24(15)13-5-12-23-19(26)21(14-20(21,2)3)16-8-10-17(22)11-9-16/h4,6-11H,5,12-14H2,1-3H3,(H,23,26)/t21-/m1/s1. The molecule has 1 amide bonds. The molecule has 2 aromatic rings. The maximum atomic E-state index is 13.2. The molecule has 26 heavy (non-hydrogen) atoms. The summed E-state index contributed by atoms with van der Waals surface area (Å²) < 4.78 is 14.9.